The van der Waals surface area contributed by atoms with E-state index in [0.29, 0.717) is 0 Å². The maximum atomic E-state index is 11.2. The van der Waals surface area contributed by atoms with E-state index in [2.05, 4.69) is 11.9 Å². The van der Waals surface area contributed by atoms with Gasteiger partial charge in [-0.1, -0.05) is 12.7 Å². The number of hydrogen-bond donors (Lipinski definition) is 1. The lowest BCUT2D eigenvalue weighted by molar-refractivity contribution is -0.384. The van der Waals surface area contributed by atoms with Gasteiger partial charge in [0.15, 0.2) is 0 Å². The Hall–Kier alpha value is -2.88. The number of nitrogens with zero attached hydrogens (tertiary/aromatic N) is 2. The van der Waals surface area contributed by atoms with E-state index in [9.17, 15) is 14.9 Å². The molecule has 19 heavy (non-hydrogen) atoms. The zero-order valence-electron chi connectivity index (χ0n) is 9.96. The van der Waals surface area contributed by atoms with Crippen molar-refractivity contribution < 1.29 is 14.5 Å². The summed E-state index contributed by atoms with van der Waals surface area (Å²) >= 11 is 0. The van der Waals surface area contributed by atoms with E-state index in [-0.39, 0.29) is 30.1 Å². The highest BCUT2D eigenvalue weighted by Gasteiger charge is 2.15. The molecule has 0 saturated carbocycles. The molecule has 98 valence electrons. The van der Waals surface area contributed by atoms with Crippen LogP contribution in [0.1, 0.15) is 5.56 Å². The third-order valence-electron chi connectivity index (χ3n) is 2.11. The predicted octanol–water partition coefficient (Wildman–Crippen LogP) is 1.61. The van der Waals surface area contributed by atoms with Gasteiger partial charge < -0.3 is 10.1 Å². The summed E-state index contributed by atoms with van der Waals surface area (Å²) in [5, 5.41) is 22.1. The summed E-state index contributed by atoms with van der Waals surface area (Å²) in [4.78, 5) is 21.4. The second-order valence-electron chi connectivity index (χ2n) is 3.43. The molecule has 1 rings (SSSR count). The van der Waals surface area contributed by atoms with Gasteiger partial charge in [0.05, 0.1) is 16.6 Å². The molecule has 0 aliphatic carbocycles. The Morgan fingerprint density at radius 1 is 1.63 bits per heavy atom. The van der Waals surface area contributed by atoms with E-state index in [1.54, 1.807) is 0 Å². The average Bonchev–Trinajstić information content (AvgIpc) is 2.42. The Morgan fingerprint density at radius 2 is 2.37 bits per heavy atom. The van der Waals surface area contributed by atoms with Gasteiger partial charge >= 0.3 is 5.97 Å². The number of nitriles is 1. The van der Waals surface area contributed by atoms with Gasteiger partial charge in [0.25, 0.3) is 5.69 Å². The van der Waals surface area contributed by atoms with Crippen LogP contribution in [0, 0.1) is 21.4 Å². The summed E-state index contributed by atoms with van der Waals surface area (Å²) < 4.78 is 4.72. The molecular weight excluding hydrogens is 250 g/mol. The monoisotopic (exact) mass is 261 g/mol. The molecule has 0 aliphatic heterocycles. The van der Waals surface area contributed by atoms with Crippen molar-refractivity contribution in [3.05, 3.63) is 46.5 Å². The molecular formula is C12H11N3O4. The molecule has 0 atom stereocenters. The molecule has 1 N–H and O–H groups in total. The standard InChI is InChI=1S/C12H11N3O4/c1-2-5-19-12(16)8-14-10-4-3-9(7-13)6-11(10)15(17)18/h2-4,6,14H,1,5,8H2. The van der Waals surface area contributed by atoms with E-state index >= 15 is 0 Å². The molecule has 0 aliphatic rings. The number of ether oxygens (including phenoxy) is 1. The fraction of sp³-hybridized carbons (Fsp3) is 0.167. The van der Waals surface area contributed by atoms with Crippen molar-refractivity contribution in [3.8, 4) is 6.07 Å². The Bertz CT molecular complexity index is 548. The van der Waals surface area contributed by atoms with Crippen LogP contribution in [0.2, 0.25) is 0 Å². The highest BCUT2D eigenvalue weighted by Crippen LogP contribution is 2.25. The first kappa shape index (κ1) is 14.2. The first-order chi connectivity index (χ1) is 9.08. The van der Waals surface area contributed by atoms with Crippen LogP contribution in [0.15, 0.2) is 30.9 Å². The molecule has 0 amide bonds. The van der Waals surface area contributed by atoms with Gasteiger partial charge in [-0.3, -0.25) is 14.9 Å². The van der Waals surface area contributed by atoms with Crippen molar-refractivity contribution in [1.82, 2.24) is 0 Å². The van der Waals surface area contributed by atoms with Gasteiger partial charge in [-0.15, -0.1) is 0 Å². The van der Waals surface area contributed by atoms with Crippen LogP contribution in [0.25, 0.3) is 0 Å². The molecule has 0 radical (unpaired) electrons. The summed E-state index contributed by atoms with van der Waals surface area (Å²) in [6.45, 7) is 3.26. The van der Waals surface area contributed by atoms with Crippen molar-refractivity contribution in [1.29, 1.82) is 5.26 Å². The average molecular weight is 261 g/mol. The van der Waals surface area contributed by atoms with Crippen LogP contribution in [0.5, 0.6) is 0 Å². The molecule has 0 unspecified atom stereocenters. The van der Waals surface area contributed by atoms with E-state index in [1.807, 2.05) is 6.07 Å². The van der Waals surface area contributed by atoms with Crippen molar-refractivity contribution in [2.24, 2.45) is 0 Å². The zero-order chi connectivity index (χ0) is 14.3. The maximum absolute atomic E-state index is 11.2. The number of nitro groups is 1. The largest absolute Gasteiger partial charge is 0.460 e. The van der Waals surface area contributed by atoms with E-state index in [1.165, 1.54) is 18.2 Å². The van der Waals surface area contributed by atoms with Gasteiger partial charge in [0, 0.05) is 6.07 Å². The number of hydrogen-bond acceptors (Lipinski definition) is 6. The number of anilines is 1. The van der Waals surface area contributed by atoms with E-state index < -0.39 is 10.9 Å². The van der Waals surface area contributed by atoms with Crippen molar-refractivity contribution in [2.75, 3.05) is 18.5 Å². The van der Waals surface area contributed by atoms with E-state index in [0.717, 1.165) is 6.07 Å². The second-order valence-corrected chi connectivity index (χ2v) is 3.43. The molecule has 0 saturated heterocycles. The molecule has 1 aromatic rings. The van der Waals surface area contributed by atoms with E-state index in [4.69, 9.17) is 10.00 Å². The fourth-order valence-corrected chi connectivity index (χ4v) is 1.27. The minimum atomic E-state index is -0.627. The number of nitro benzene ring substituents is 1. The number of esters is 1. The van der Waals surface area contributed by atoms with Gasteiger partial charge in [-0.2, -0.15) is 5.26 Å². The normalized spacial score (nSPS) is 9.21. The van der Waals surface area contributed by atoms with Crippen LogP contribution in [0.3, 0.4) is 0 Å². The zero-order valence-corrected chi connectivity index (χ0v) is 9.96. The molecule has 0 aromatic heterocycles. The van der Waals surface area contributed by atoms with Crippen LogP contribution in [-0.4, -0.2) is 24.0 Å². The van der Waals surface area contributed by atoms with Gasteiger partial charge in [0.2, 0.25) is 0 Å². The van der Waals surface area contributed by atoms with Crippen molar-refractivity contribution >= 4 is 17.3 Å². The quantitative estimate of drug-likeness (QED) is 0.361. The van der Waals surface area contributed by atoms with Crippen LogP contribution in [0.4, 0.5) is 11.4 Å². The number of nitrogens with one attached hydrogen (secondary N) is 1. The summed E-state index contributed by atoms with van der Waals surface area (Å²) in [5.74, 6) is -0.557. The lowest BCUT2D eigenvalue weighted by Crippen LogP contribution is -2.17. The third kappa shape index (κ3) is 4.12. The van der Waals surface area contributed by atoms with Gasteiger partial charge in [-0.05, 0) is 12.1 Å². The molecule has 0 spiro atoms. The Morgan fingerprint density at radius 3 is 2.95 bits per heavy atom. The smallest absolute Gasteiger partial charge is 0.325 e. The Kier molecular flexibility index (Phi) is 5.04. The highest BCUT2D eigenvalue weighted by atomic mass is 16.6. The molecule has 7 nitrogen and oxygen atoms in total. The fourth-order valence-electron chi connectivity index (χ4n) is 1.27. The lowest BCUT2D eigenvalue weighted by atomic mass is 10.2. The van der Waals surface area contributed by atoms with Crippen molar-refractivity contribution in [2.45, 2.75) is 0 Å². The first-order valence-electron chi connectivity index (χ1n) is 5.27. The summed E-state index contributed by atoms with van der Waals surface area (Å²) in [6, 6.07) is 5.74. The second kappa shape index (κ2) is 6.76. The Balaban J connectivity index is 2.78. The Labute approximate surface area is 109 Å². The molecule has 0 heterocycles. The molecule has 1 aromatic carbocycles. The third-order valence-corrected chi connectivity index (χ3v) is 2.11. The van der Waals surface area contributed by atoms with Crippen LogP contribution < -0.4 is 5.32 Å². The van der Waals surface area contributed by atoms with Crippen molar-refractivity contribution in [3.63, 3.8) is 0 Å². The first-order valence-corrected chi connectivity index (χ1v) is 5.27. The summed E-state index contributed by atoms with van der Waals surface area (Å²) in [7, 11) is 0. The molecule has 0 fully saturated rings. The predicted molar refractivity (Wildman–Crippen MR) is 67.5 cm³/mol. The number of carbonyl (C=O) groups is 1. The topological polar surface area (TPSA) is 105 Å². The molecule has 7 heteroatoms. The lowest BCUT2D eigenvalue weighted by Gasteiger charge is -2.06. The van der Waals surface area contributed by atoms with Crippen LogP contribution in [-0.2, 0) is 9.53 Å². The van der Waals surface area contributed by atoms with Gasteiger partial charge in [-0.25, -0.2) is 0 Å². The van der Waals surface area contributed by atoms with Gasteiger partial charge in [0.1, 0.15) is 18.8 Å². The minimum absolute atomic E-state index is 0.0793. The van der Waals surface area contributed by atoms with Crippen LogP contribution >= 0.6 is 0 Å². The number of rotatable bonds is 6. The number of carbonyl (C=O) groups excluding carboxylic acids is 1. The number of benzene rings is 1. The minimum Gasteiger partial charge on any atom is -0.460 e. The highest BCUT2D eigenvalue weighted by molar-refractivity contribution is 5.77. The summed E-state index contributed by atoms with van der Waals surface area (Å²) in [6.07, 6.45) is 1.42. The maximum Gasteiger partial charge on any atom is 0.325 e. The summed E-state index contributed by atoms with van der Waals surface area (Å²) in [5.41, 5.74) is 0.0570. The SMILES string of the molecule is C=CCOC(=O)CNc1ccc(C#N)cc1[N+](=O)[O-]. The molecule has 0 bridgehead atoms.